The Morgan fingerprint density at radius 2 is 2.12 bits per heavy atom. The maximum atomic E-state index is 10.6. The van der Waals surface area contributed by atoms with Crippen LogP contribution in [0.15, 0.2) is 35.7 Å². The Kier molecular flexibility index (Phi) is 3.82. The van der Waals surface area contributed by atoms with Gasteiger partial charge >= 0.3 is 5.97 Å². The Morgan fingerprint density at radius 3 is 2.76 bits per heavy atom. The van der Waals surface area contributed by atoms with Crippen LogP contribution in [0.2, 0.25) is 5.02 Å². The number of carboxylic acids is 1. The zero-order valence-corrected chi connectivity index (χ0v) is 10.6. The van der Waals surface area contributed by atoms with E-state index in [4.69, 9.17) is 16.7 Å². The molecule has 2 nitrogen and oxygen atoms in total. The van der Waals surface area contributed by atoms with Crippen molar-refractivity contribution in [1.29, 1.82) is 0 Å². The highest BCUT2D eigenvalue weighted by Crippen LogP contribution is 2.32. The fourth-order valence-corrected chi connectivity index (χ4v) is 2.76. The van der Waals surface area contributed by atoms with Crippen molar-refractivity contribution in [2.45, 2.75) is 12.8 Å². The minimum Gasteiger partial charge on any atom is -0.481 e. The molecule has 2 aromatic rings. The SMILES string of the molecule is O=C(O)CCc1c(Cl)cccc1-c1cccs1. The minimum atomic E-state index is -0.804. The van der Waals surface area contributed by atoms with E-state index in [1.165, 1.54) is 0 Å². The summed E-state index contributed by atoms with van der Waals surface area (Å²) in [6.07, 6.45) is 0.560. The summed E-state index contributed by atoms with van der Waals surface area (Å²) in [5.74, 6) is -0.804. The number of hydrogen-bond acceptors (Lipinski definition) is 2. The zero-order valence-electron chi connectivity index (χ0n) is 9.02. The van der Waals surface area contributed by atoms with E-state index in [9.17, 15) is 4.79 Å². The molecule has 0 fully saturated rings. The van der Waals surface area contributed by atoms with Gasteiger partial charge in [0, 0.05) is 16.3 Å². The largest absolute Gasteiger partial charge is 0.481 e. The molecule has 1 N–H and O–H groups in total. The maximum Gasteiger partial charge on any atom is 0.303 e. The molecular weight excluding hydrogens is 256 g/mol. The number of thiophene rings is 1. The van der Waals surface area contributed by atoms with Gasteiger partial charge < -0.3 is 5.11 Å². The van der Waals surface area contributed by atoms with Gasteiger partial charge in [-0.2, -0.15) is 0 Å². The van der Waals surface area contributed by atoms with Crippen LogP contribution in [-0.2, 0) is 11.2 Å². The summed E-state index contributed by atoms with van der Waals surface area (Å²) in [7, 11) is 0. The van der Waals surface area contributed by atoms with Crippen LogP contribution < -0.4 is 0 Å². The van der Waals surface area contributed by atoms with Crippen molar-refractivity contribution in [1.82, 2.24) is 0 Å². The first-order valence-corrected chi connectivity index (χ1v) is 6.47. The molecule has 0 aliphatic rings. The second-order valence-corrected chi connectivity index (χ2v) is 4.99. The van der Waals surface area contributed by atoms with Crippen molar-refractivity contribution in [2.24, 2.45) is 0 Å². The van der Waals surface area contributed by atoms with Gasteiger partial charge in [-0.05, 0) is 35.1 Å². The van der Waals surface area contributed by atoms with Gasteiger partial charge in [-0.15, -0.1) is 11.3 Å². The zero-order chi connectivity index (χ0) is 12.3. The standard InChI is InChI=1S/C13H11ClO2S/c14-11-4-1-3-10(12-5-2-8-17-12)9(11)6-7-13(15)16/h1-5,8H,6-7H2,(H,15,16). The summed E-state index contributed by atoms with van der Waals surface area (Å²) in [5, 5.41) is 11.4. The van der Waals surface area contributed by atoms with Crippen LogP contribution in [0.4, 0.5) is 0 Å². The predicted octanol–water partition coefficient (Wildman–Crippen LogP) is 4.09. The van der Waals surface area contributed by atoms with Crippen LogP contribution in [0.3, 0.4) is 0 Å². The Morgan fingerprint density at radius 1 is 1.29 bits per heavy atom. The molecule has 4 heteroatoms. The Hall–Kier alpha value is -1.32. The average molecular weight is 267 g/mol. The number of carbonyl (C=O) groups is 1. The van der Waals surface area contributed by atoms with Crippen molar-refractivity contribution in [3.8, 4) is 10.4 Å². The molecule has 0 bridgehead atoms. The number of hydrogen-bond donors (Lipinski definition) is 1. The molecule has 1 heterocycles. The molecule has 0 saturated carbocycles. The molecule has 0 aliphatic carbocycles. The lowest BCUT2D eigenvalue weighted by molar-refractivity contribution is -0.136. The third-order valence-corrected chi connectivity index (χ3v) is 3.75. The first-order chi connectivity index (χ1) is 8.18. The number of rotatable bonds is 4. The van der Waals surface area contributed by atoms with Gasteiger partial charge in [-0.3, -0.25) is 4.79 Å². The van der Waals surface area contributed by atoms with Crippen LogP contribution in [0, 0.1) is 0 Å². The molecule has 0 amide bonds. The minimum absolute atomic E-state index is 0.0993. The smallest absolute Gasteiger partial charge is 0.303 e. The first kappa shape index (κ1) is 12.1. The van der Waals surface area contributed by atoms with Gasteiger partial charge in [-0.25, -0.2) is 0 Å². The third-order valence-electron chi connectivity index (χ3n) is 2.49. The Balaban J connectivity index is 2.38. The molecule has 1 aromatic carbocycles. The molecular formula is C13H11ClO2S. The van der Waals surface area contributed by atoms with Crippen LogP contribution in [0.5, 0.6) is 0 Å². The second kappa shape index (κ2) is 5.34. The molecule has 0 radical (unpaired) electrons. The lowest BCUT2D eigenvalue weighted by Crippen LogP contribution is -1.99. The van der Waals surface area contributed by atoms with Crippen molar-refractivity contribution >= 4 is 28.9 Å². The van der Waals surface area contributed by atoms with Gasteiger partial charge in [-0.1, -0.05) is 29.8 Å². The Labute approximate surface area is 108 Å². The number of benzene rings is 1. The lowest BCUT2D eigenvalue weighted by Gasteiger charge is -2.09. The molecule has 0 spiro atoms. The molecule has 0 atom stereocenters. The van der Waals surface area contributed by atoms with Crippen molar-refractivity contribution in [3.05, 3.63) is 46.3 Å². The molecule has 0 unspecified atom stereocenters. The third kappa shape index (κ3) is 2.87. The van der Waals surface area contributed by atoms with Gasteiger partial charge in [0.15, 0.2) is 0 Å². The van der Waals surface area contributed by atoms with E-state index < -0.39 is 5.97 Å². The van der Waals surface area contributed by atoms with Gasteiger partial charge in [0.1, 0.15) is 0 Å². The van der Waals surface area contributed by atoms with Crippen molar-refractivity contribution in [3.63, 3.8) is 0 Å². The fraction of sp³-hybridized carbons (Fsp3) is 0.154. The molecule has 0 saturated heterocycles. The average Bonchev–Trinajstić information content (AvgIpc) is 2.80. The van der Waals surface area contributed by atoms with E-state index in [2.05, 4.69) is 0 Å². The highest BCUT2D eigenvalue weighted by molar-refractivity contribution is 7.13. The normalized spacial score (nSPS) is 10.4. The van der Waals surface area contributed by atoms with E-state index in [0.717, 1.165) is 16.0 Å². The maximum absolute atomic E-state index is 10.6. The molecule has 2 rings (SSSR count). The van der Waals surface area contributed by atoms with E-state index >= 15 is 0 Å². The lowest BCUT2D eigenvalue weighted by atomic mass is 10.0. The fourth-order valence-electron chi connectivity index (χ4n) is 1.71. The highest BCUT2D eigenvalue weighted by Gasteiger charge is 2.11. The van der Waals surface area contributed by atoms with Crippen LogP contribution >= 0.6 is 22.9 Å². The summed E-state index contributed by atoms with van der Waals surface area (Å²) in [6.45, 7) is 0. The first-order valence-electron chi connectivity index (χ1n) is 5.21. The quantitative estimate of drug-likeness (QED) is 0.905. The molecule has 0 aliphatic heterocycles. The van der Waals surface area contributed by atoms with Crippen LogP contribution in [0.1, 0.15) is 12.0 Å². The van der Waals surface area contributed by atoms with E-state index in [1.807, 2.05) is 29.6 Å². The molecule has 88 valence electrons. The van der Waals surface area contributed by atoms with Crippen LogP contribution in [-0.4, -0.2) is 11.1 Å². The van der Waals surface area contributed by atoms with E-state index in [-0.39, 0.29) is 6.42 Å². The summed E-state index contributed by atoms with van der Waals surface area (Å²) in [6, 6.07) is 9.66. The number of carboxylic acid groups (broad SMARTS) is 1. The number of aliphatic carboxylic acids is 1. The van der Waals surface area contributed by atoms with Crippen LogP contribution in [0.25, 0.3) is 10.4 Å². The molecule has 1 aromatic heterocycles. The van der Waals surface area contributed by atoms with Crippen molar-refractivity contribution in [2.75, 3.05) is 0 Å². The van der Waals surface area contributed by atoms with Gasteiger partial charge in [0.2, 0.25) is 0 Å². The van der Waals surface area contributed by atoms with E-state index in [0.29, 0.717) is 11.4 Å². The summed E-state index contributed by atoms with van der Waals surface area (Å²) in [4.78, 5) is 11.8. The summed E-state index contributed by atoms with van der Waals surface area (Å²) < 4.78 is 0. The van der Waals surface area contributed by atoms with E-state index in [1.54, 1.807) is 17.4 Å². The van der Waals surface area contributed by atoms with Gasteiger partial charge in [0.25, 0.3) is 0 Å². The second-order valence-electron chi connectivity index (χ2n) is 3.64. The monoisotopic (exact) mass is 266 g/mol. The summed E-state index contributed by atoms with van der Waals surface area (Å²) >= 11 is 7.77. The summed E-state index contributed by atoms with van der Waals surface area (Å²) in [5.41, 5.74) is 1.95. The predicted molar refractivity (Wildman–Crippen MR) is 70.7 cm³/mol. The number of halogens is 1. The topological polar surface area (TPSA) is 37.3 Å². The highest BCUT2D eigenvalue weighted by atomic mass is 35.5. The van der Waals surface area contributed by atoms with Gasteiger partial charge in [0.05, 0.1) is 0 Å². The Bertz CT molecular complexity index is 520. The molecule has 17 heavy (non-hydrogen) atoms. The van der Waals surface area contributed by atoms with Crippen molar-refractivity contribution < 1.29 is 9.90 Å².